The minimum absolute atomic E-state index is 0.243. The van der Waals surface area contributed by atoms with Gasteiger partial charge in [0.05, 0.1) is 34.1 Å². The lowest BCUT2D eigenvalue weighted by molar-refractivity contribution is 0.321. The molecular weight excluding hydrogens is 380 g/mol. The van der Waals surface area contributed by atoms with Crippen molar-refractivity contribution in [3.63, 3.8) is 0 Å². The number of nitrogens with two attached hydrogens (primary N) is 2. The molecule has 4 N–H and O–H groups in total. The van der Waals surface area contributed by atoms with Crippen LogP contribution < -0.4 is 30.4 Å². The molecule has 0 fully saturated rings. The summed E-state index contributed by atoms with van der Waals surface area (Å²) in [5, 5.41) is 0. The highest BCUT2D eigenvalue weighted by Gasteiger charge is 2.26. The molecule has 6 nitrogen and oxygen atoms in total. The number of benzene rings is 2. The number of ether oxygens (including phenoxy) is 4. The number of hydrogen-bond donors (Lipinski definition) is 2. The van der Waals surface area contributed by atoms with E-state index in [0.717, 1.165) is 35.1 Å². The molecule has 1 unspecified atom stereocenters. The van der Waals surface area contributed by atoms with E-state index in [1.54, 1.807) is 28.4 Å². The van der Waals surface area contributed by atoms with Crippen LogP contribution >= 0.6 is 0 Å². The second kappa shape index (κ2) is 10.8. The van der Waals surface area contributed by atoms with Gasteiger partial charge in [0.15, 0.2) is 11.5 Å². The minimum atomic E-state index is 0.243. The molecule has 0 spiro atoms. The predicted octanol–water partition coefficient (Wildman–Crippen LogP) is 4.28. The van der Waals surface area contributed by atoms with Crippen LogP contribution in [0.3, 0.4) is 0 Å². The molecule has 0 heterocycles. The Hall–Kier alpha value is -2.86. The fourth-order valence-corrected chi connectivity index (χ4v) is 3.78. The molecule has 1 aliphatic rings. The van der Waals surface area contributed by atoms with Crippen LogP contribution in [0, 0.1) is 5.92 Å². The van der Waals surface area contributed by atoms with Crippen molar-refractivity contribution in [1.29, 1.82) is 0 Å². The topological polar surface area (TPSA) is 89.0 Å². The van der Waals surface area contributed by atoms with Gasteiger partial charge in [-0.2, -0.15) is 0 Å². The summed E-state index contributed by atoms with van der Waals surface area (Å²) in [4.78, 5) is 0. The third-order valence-corrected chi connectivity index (χ3v) is 5.23. The first-order valence-corrected chi connectivity index (χ1v) is 10.3. The molecule has 1 atom stereocenters. The number of fused-ring (bicyclic) bond motifs is 1. The lowest BCUT2D eigenvalue weighted by Crippen LogP contribution is -2.12. The summed E-state index contributed by atoms with van der Waals surface area (Å²) in [7, 11) is 6.50. The second-order valence-corrected chi connectivity index (χ2v) is 6.74. The minimum Gasteiger partial charge on any atom is -0.495 e. The standard InChI is InChI=1S/C22H28N2O4.C2H6/c1-25-19-8-6-14(10-18(19)24)16-9-13(12-23)5-7-15-17(16)11-20(26-2)22(28-4)21(15)27-3;1-2/h6,8-11,13H,5,7,12,23-24H2,1-4H3;1-2H3. The first-order valence-electron chi connectivity index (χ1n) is 10.3. The van der Waals surface area contributed by atoms with E-state index in [1.807, 2.05) is 38.1 Å². The van der Waals surface area contributed by atoms with Gasteiger partial charge in [-0.05, 0) is 60.2 Å². The predicted molar refractivity (Wildman–Crippen MR) is 123 cm³/mol. The first kappa shape index (κ1) is 23.4. The fourth-order valence-electron chi connectivity index (χ4n) is 3.78. The van der Waals surface area contributed by atoms with E-state index in [2.05, 4.69) is 6.08 Å². The largest absolute Gasteiger partial charge is 0.495 e. The van der Waals surface area contributed by atoms with Gasteiger partial charge in [0, 0.05) is 5.56 Å². The third kappa shape index (κ3) is 4.49. The molecule has 3 rings (SSSR count). The summed E-state index contributed by atoms with van der Waals surface area (Å²) in [5.41, 5.74) is 17.0. The molecule has 0 saturated carbocycles. The molecule has 2 aromatic carbocycles. The number of rotatable bonds is 6. The van der Waals surface area contributed by atoms with Gasteiger partial charge in [-0.15, -0.1) is 0 Å². The highest BCUT2D eigenvalue weighted by Crippen LogP contribution is 2.47. The van der Waals surface area contributed by atoms with Crippen LogP contribution in [0.25, 0.3) is 5.57 Å². The molecule has 30 heavy (non-hydrogen) atoms. The van der Waals surface area contributed by atoms with Crippen molar-refractivity contribution < 1.29 is 18.9 Å². The van der Waals surface area contributed by atoms with Crippen LogP contribution in [0.1, 0.15) is 37.0 Å². The average molecular weight is 415 g/mol. The Morgan fingerprint density at radius 2 is 1.57 bits per heavy atom. The van der Waals surface area contributed by atoms with Crippen LogP contribution in [0.2, 0.25) is 0 Å². The van der Waals surface area contributed by atoms with Gasteiger partial charge < -0.3 is 30.4 Å². The van der Waals surface area contributed by atoms with Crippen LogP contribution in [0.4, 0.5) is 5.69 Å². The zero-order valence-corrected chi connectivity index (χ0v) is 18.9. The van der Waals surface area contributed by atoms with Crippen LogP contribution in [0.5, 0.6) is 23.0 Å². The molecule has 0 amide bonds. The molecule has 0 radical (unpaired) electrons. The Labute approximate surface area is 179 Å². The zero-order chi connectivity index (χ0) is 22.3. The second-order valence-electron chi connectivity index (χ2n) is 6.74. The highest BCUT2D eigenvalue weighted by molar-refractivity contribution is 5.86. The number of nitrogen functional groups attached to an aromatic ring is 1. The number of hydrogen-bond acceptors (Lipinski definition) is 6. The SMILES string of the molecule is CC.COc1ccc(C2=CC(CN)CCc3c2cc(OC)c(OC)c3OC)cc1N. The Balaban J connectivity index is 0.00000155. The number of methoxy groups -OCH3 is 4. The van der Waals surface area contributed by atoms with Crippen molar-refractivity contribution in [2.45, 2.75) is 26.7 Å². The Bertz CT molecular complexity index is 893. The zero-order valence-electron chi connectivity index (χ0n) is 18.9. The Kier molecular flexibility index (Phi) is 8.42. The Morgan fingerprint density at radius 1 is 0.900 bits per heavy atom. The van der Waals surface area contributed by atoms with Gasteiger partial charge in [-0.3, -0.25) is 0 Å². The van der Waals surface area contributed by atoms with Crippen LogP contribution in [0.15, 0.2) is 30.3 Å². The summed E-state index contributed by atoms with van der Waals surface area (Å²) in [6.45, 7) is 4.57. The van der Waals surface area contributed by atoms with Crippen LogP contribution in [-0.2, 0) is 6.42 Å². The number of anilines is 1. The van der Waals surface area contributed by atoms with Crippen molar-refractivity contribution in [1.82, 2.24) is 0 Å². The van der Waals surface area contributed by atoms with Crippen LogP contribution in [-0.4, -0.2) is 35.0 Å². The van der Waals surface area contributed by atoms with E-state index in [9.17, 15) is 0 Å². The molecule has 2 aromatic rings. The lowest BCUT2D eigenvalue weighted by atomic mass is 9.92. The van der Waals surface area contributed by atoms with Crippen molar-refractivity contribution in [3.8, 4) is 23.0 Å². The normalized spacial score (nSPS) is 15.0. The van der Waals surface area contributed by atoms with Gasteiger partial charge in [0.2, 0.25) is 5.75 Å². The molecule has 0 bridgehead atoms. The third-order valence-electron chi connectivity index (χ3n) is 5.23. The van der Waals surface area contributed by atoms with E-state index < -0.39 is 0 Å². The molecule has 0 saturated heterocycles. The quantitative estimate of drug-likeness (QED) is 0.686. The van der Waals surface area contributed by atoms with Crippen molar-refractivity contribution in [2.75, 3.05) is 40.7 Å². The van der Waals surface area contributed by atoms with Gasteiger partial charge in [0.1, 0.15) is 5.75 Å². The molecular formula is C24H34N2O4. The summed E-state index contributed by atoms with van der Waals surface area (Å²) in [6, 6.07) is 7.82. The average Bonchev–Trinajstić information content (AvgIpc) is 2.98. The summed E-state index contributed by atoms with van der Waals surface area (Å²) >= 11 is 0. The van der Waals surface area contributed by atoms with E-state index in [0.29, 0.717) is 35.2 Å². The van der Waals surface area contributed by atoms with Gasteiger partial charge in [-0.25, -0.2) is 0 Å². The van der Waals surface area contributed by atoms with Crippen molar-refractivity contribution >= 4 is 11.3 Å². The van der Waals surface area contributed by atoms with E-state index in [-0.39, 0.29) is 5.92 Å². The lowest BCUT2D eigenvalue weighted by Gasteiger charge is -2.20. The highest BCUT2D eigenvalue weighted by atomic mass is 16.5. The fraction of sp³-hybridized carbons (Fsp3) is 0.417. The monoisotopic (exact) mass is 414 g/mol. The summed E-state index contributed by atoms with van der Waals surface area (Å²) < 4.78 is 22.2. The van der Waals surface area contributed by atoms with Crippen molar-refractivity contribution in [2.24, 2.45) is 11.7 Å². The van der Waals surface area contributed by atoms with E-state index in [4.69, 9.17) is 30.4 Å². The smallest absolute Gasteiger partial charge is 0.203 e. The van der Waals surface area contributed by atoms with Gasteiger partial charge in [-0.1, -0.05) is 26.0 Å². The van der Waals surface area contributed by atoms with E-state index in [1.165, 1.54) is 0 Å². The molecule has 0 aromatic heterocycles. The maximum atomic E-state index is 6.18. The van der Waals surface area contributed by atoms with Crippen molar-refractivity contribution in [3.05, 3.63) is 47.0 Å². The molecule has 164 valence electrons. The van der Waals surface area contributed by atoms with E-state index >= 15 is 0 Å². The Morgan fingerprint density at radius 3 is 2.10 bits per heavy atom. The maximum Gasteiger partial charge on any atom is 0.203 e. The summed E-state index contributed by atoms with van der Waals surface area (Å²) in [5.74, 6) is 2.81. The first-order chi connectivity index (χ1) is 14.6. The molecule has 6 heteroatoms. The maximum absolute atomic E-state index is 6.18. The van der Waals surface area contributed by atoms with Gasteiger partial charge in [0.25, 0.3) is 0 Å². The van der Waals surface area contributed by atoms with Gasteiger partial charge >= 0.3 is 0 Å². The molecule has 0 aliphatic heterocycles. The summed E-state index contributed by atoms with van der Waals surface area (Å²) in [6.07, 6.45) is 3.97. The molecule has 1 aliphatic carbocycles.